The zero-order chi connectivity index (χ0) is 18.6. The van der Waals surface area contributed by atoms with Gasteiger partial charge in [-0.2, -0.15) is 0 Å². The van der Waals surface area contributed by atoms with Gasteiger partial charge in [-0.1, -0.05) is 94.3 Å². The standard InChI is InChI=1S/C23H32O2Si/c1-23(2,3)26(21-10-6-4-7-11-21,22-12-8-5-9-13-22)25-17-16-20(24)18-19-14-15-19/h4-13,19-20,24H,14-18H2,1-3H3. The Kier molecular flexibility index (Phi) is 6.01. The van der Waals surface area contributed by atoms with E-state index in [1.54, 1.807) is 0 Å². The Morgan fingerprint density at radius 3 is 1.88 bits per heavy atom. The number of hydrogen-bond acceptors (Lipinski definition) is 2. The van der Waals surface area contributed by atoms with Crippen LogP contribution in [0.15, 0.2) is 60.7 Å². The van der Waals surface area contributed by atoms with Crippen LogP contribution in [0.2, 0.25) is 5.04 Å². The lowest BCUT2D eigenvalue weighted by Gasteiger charge is -2.43. The molecule has 0 heterocycles. The van der Waals surface area contributed by atoms with E-state index in [0.717, 1.165) is 18.8 Å². The largest absolute Gasteiger partial charge is 0.407 e. The summed E-state index contributed by atoms with van der Waals surface area (Å²) in [6.45, 7) is 7.49. The molecule has 0 amide bonds. The van der Waals surface area contributed by atoms with Crippen LogP contribution >= 0.6 is 0 Å². The monoisotopic (exact) mass is 368 g/mol. The highest BCUT2D eigenvalue weighted by Crippen LogP contribution is 2.37. The molecule has 1 fully saturated rings. The third kappa shape index (κ3) is 4.28. The van der Waals surface area contributed by atoms with Crippen LogP contribution in [0, 0.1) is 5.92 Å². The topological polar surface area (TPSA) is 29.5 Å². The summed E-state index contributed by atoms with van der Waals surface area (Å²) in [5.41, 5.74) is 0. The molecule has 0 bridgehead atoms. The fourth-order valence-corrected chi connectivity index (χ4v) is 8.55. The second kappa shape index (κ2) is 8.08. The van der Waals surface area contributed by atoms with E-state index in [2.05, 4.69) is 81.4 Å². The molecule has 0 spiro atoms. The van der Waals surface area contributed by atoms with Crippen LogP contribution in [0.1, 0.15) is 46.5 Å². The molecule has 1 atom stereocenters. The Morgan fingerprint density at radius 2 is 1.46 bits per heavy atom. The molecular weight excluding hydrogens is 336 g/mol. The number of rotatable bonds is 8. The molecule has 2 nitrogen and oxygen atoms in total. The van der Waals surface area contributed by atoms with Crippen molar-refractivity contribution in [2.24, 2.45) is 5.92 Å². The van der Waals surface area contributed by atoms with Crippen LogP contribution in [0.3, 0.4) is 0 Å². The quantitative estimate of drug-likeness (QED) is 0.711. The molecule has 3 rings (SSSR count). The minimum atomic E-state index is -2.45. The highest BCUT2D eigenvalue weighted by Gasteiger charge is 2.50. The number of aliphatic hydroxyl groups excluding tert-OH is 1. The van der Waals surface area contributed by atoms with E-state index in [-0.39, 0.29) is 11.1 Å². The van der Waals surface area contributed by atoms with Gasteiger partial charge in [-0.05, 0) is 34.2 Å². The van der Waals surface area contributed by atoms with Crippen molar-refractivity contribution in [1.29, 1.82) is 0 Å². The third-order valence-electron chi connectivity index (χ3n) is 5.49. The lowest BCUT2D eigenvalue weighted by atomic mass is 10.1. The minimum Gasteiger partial charge on any atom is -0.407 e. The summed E-state index contributed by atoms with van der Waals surface area (Å²) in [5.74, 6) is 0.748. The maximum absolute atomic E-state index is 10.3. The number of benzene rings is 2. The summed E-state index contributed by atoms with van der Waals surface area (Å²) in [6.07, 6.45) is 3.99. The summed E-state index contributed by atoms with van der Waals surface area (Å²) in [5, 5.41) is 12.9. The molecule has 2 aromatic rings. The summed E-state index contributed by atoms with van der Waals surface area (Å²) in [7, 11) is -2.45. The van der Waals surface area contributed by atoms with Gasteiger partial charge in [0.05, 0.1) is 6.10 Å². The van der Waals surface area contributed by atoms with Gasteiger partial charge in [0.1, 0.15) is 0 Å². The molecule has 0 radical (unpaired) electrons. The second-order valence-corrected chi connectivity index (χ2v) is 12.9. The van der Waals surface area contributed by atoms with E-state index < -0.39 is 8.32 Å². The van der Waals surface area contributed by atoms with E-state index in [1.165, 1.54) is 23.2 Å². The first-order chi connectivity index (χ1) is 12.4. The molecular formula is C23H32O2Si. The van der Waals surface area contributed by atoms with Gasteiger partial charge in [-0.3, -0.25) is 0 Å². The van der Waals surface area contributed by atoms with Gasteiger partial charge in [0.2, 0.25) is 0 Å². The summed E-state index contributed by atoms with van der Waals surface area (Å²) >= 11 is 0. The fraction of sp³-hybridized carbons (Fsp3) is 0.478. The summed E-state index contributed by atoms with van der Waals surface area (Å²) in [4.78, 5) is 0. The van der Waals surface area contributed by atoms with E-state index >= 15 is 0 Å². The summed E-state index contributed by atoms with van der Waals surface area (Å²) in [6, 6.07) is 21.4. The Hall–Kier alpha value is -1.42. The highest BCUT2D eigenvalue weighted by molar-refractivity contribution is 6.99. The van der Waals surface area contributed by atoms with Crippen molar-refractivity contribution in [3.05, 3.63) is 60.7 Å². The molecule has 1 aliphatic rings. The maximum atomic E-state index is 10.3. The molecule has 1 unspecified atom stereocenters. The third-order valence-corrected chi connectivity index (χ3v) is 10.5. The minimum absolute atomic E-state index is 0.00283. The van der Waals surface area contributed by atoms with Gasteiger partial charge in [0, 0.05) is 6.61 Å². The molecule has 1 saturated carbocycles. The highest BCUT2D eigenvalue weighted by atomic mass is 28.4. The molecule has 0 aliphatic heterocycles. The molecule has 2 aromatic carbocycles. The molecule has 1 aliphatic carbocycles. The molecule has 0 saturated heterocycles. The Morgan fingerprint density at radius 1 is 0.962 bits per heavy atom. The first-order valence-electron chi connectivity index (χ1n) is 9.86. The average Bonchev–Trinajstić information content (AvgIpc) is 3.43. The normalized spacial score (nSPS) is 16.5. The summed E-state index contributed by atoms with van der Waals surface area (Å²) < 4.78 is 6.82. The molecule has 26 heavy (non-hydrogen) atoms. The van der Waals surface area contributed by atoms with Crippen LogP contribution in [-0.2, 0) is 4.43 Å². The number of aliphatic hydroxyl groups is 1. The van der Waals surface area contributed by atoms with Gasteiger partial charge in [-0.25, -0.2) is 0 Å². The van der Waals surface area contributed by atoms with Crippen LogP contribution < -0.4 is 10.4 Å². The number of hydrogen-bond donors (Lipinski definition) is 1. The van der Waals surface area contributed by atoms with Gasteiger partial charge >= 0.3 is 0 Å². The van der Waals surface area contributed by atoms with Crippen LogP contribution in [-0.4, -0.2) is 26.1 Å². The van der Waals surface area contributed by atoms with Crippen molar-refractivity contribution in [1.82, 2.24) is 0 Å². The fourth-order valence-electron chi connectivity index (χ4n) is 3.97. The van der Waals surface area contributed by atoms with Crippen molar-refractivity contribution >= 4 is 18.7 Å². The van der Waals surface area contributed by atoms with Gasteiger partial charge in [0.25, 0.3) is 8.32 Å². The van der Waals surface area contributed by atoms with Crippen molar-refractivity contribution in [3.63, 3.8) is 0 Å². The van der Waals surface area contributed by atoms with Crippen LogP contribution in [0.4, 0.5) is 0 Å². The average molecular weight is 369 g/mol. The first-order valence-corrected chi connectivity index (χ1v) is 11.8. The van der Waals surface area contributed by atoms with E-state index in [4.69, 9.17) is 4.43 Å². The van der Waals surface area contributed by atoms with Crippen molar-refractivity contribution < 1.29 is 9.53 Å². The SMILES string of the molecule is CC(C)(C)[Si](OCCC(O)CC1CC1)(c1ccccc1)c1ccccc1. The first kappa shape index (κ1) is 19.3. The lowest BCUT2D eigenvalue weighted by Crippen LogP contribution is -2.66. The molecule has 1 N–H and O–H groups in total. The van der Waals surface area contributed by atoms with Gasteiger partial charge in [0.15, 0.2) is 0 Å². The van der Waals surface area contributed by atoms with E-state index in [1.807, 2.05) is 0 Å². The molecule has 0 aromatic heterocycles. The maximum Gasteiger partial charge on any atom is 0.261 e. The molecule has 140 valence electrons. The molecule has 3 heteroatoms. The second-order valence-electron chi connectivity index (χ2n) is 8.63. The Bertz CT molecular complexity index is 635. The predicted molar refractivity (Wildman–Crippen MR) is 112 cm³/mol. The van der Waals surface area contributed by atoms with Crippen molar-refractivity contribution in [2.45, 2.75) is 57.6 Å². The zero-order valence-corrected chi connectivity index (χ0v) is 17.3. The van der Waals surface area contributed by atoms with Crippen LogP contribution in [0.5, 0.6) is 0 Å². The van der Waals surface area contributed by atoms with Gasteiger partial charge in [-0.15, -0.1) is 0 Å². The smallest absolute Gasteiger partial charge is 0.261 e. The lowest BCUT2D eigenvalue weighted by molar-refractivity contribution is 0.123. The van der Waals surface area contributed by atoms with Crippen LogP contribution in [0.25, 0.3) is 0 Å². The van der Waals surface area contributed by atoms with Gasteiger partial charge < -0.3 is 9.53 Å². The predicted octanol–water partition coefficient (Wildman–Crippen LogP) is 4.11. The van der Waals surface area contributed by atoms with E-state index in [9.17, 15) is 5.11 Å². The van der Waals surface area contributed by atoms with Crippen molar-refractivity contribution in [2.75, 3.05) is 6.61 Å². The van der Waals surface area contributed by atoms with E-state index in [0.29, 0.717) is 6.61 Å². The zero-order valence-electron chi connectivity index (χ0n) is 16.3. The Balaban J connectivity index is 1.89. The Labute approximate surface area is 159 Å². The van der Waals surface area contributed by atoms with Crippen molar-refractivity contribution in [3.8, 4) is 0 Å².